The molecule has 0 radical (unpaired) electrons. The first kappa shape index (κ1) is 17.8. The van der Waals surface area contributed by atoms with Crippen molar-refractivity contribution in [1.29, 1.82) is 0 Å². The molecule has 6 heteroatoms. The monoisotopic (exact) mass is 300 g/mol. The average molecular weight is 300 g/mol. The fraction of sp³-hybridized carbons (Fsp3) is 0.867. The Morgan fingerprint density at radius 1 is 1.29 bits per heavy atom. The van der Waals surface area contributed by atoms with Crippen LogP contribution in [0.3, 0.4) is 0 Å². The lowest BCUT2D eigenvalue weighted by molar-refractivity contribution is -0.139. The molecule has 1 aliphatic heterocycles. The van der Waals surface area contributed by atoms with Gasteiger partial charge in [0.05, 0.1) is 6.54 Å². The zero-order valence-electron chi connectivity index (χ0n) is 13.8. The van der Waals surface area contributed by atoms with Gasteiger partial charge in [-0.3, -0.25) is 9.69 Å². The Balaban J connectivity index is 2.73. The quantitative estimate of drug-likeness (QED) is 0.860. The molecule has 21 heavy (non-hydrogen) atoms. The van der Waals surface area contributed by atoms with Crippen LogP contribution in [-0.4, -0.2) is 64.8 Å². The van der Waals surface area contributed by atoms with E-state index < -0.39 is 11.6 Å². The van der Waals surface area contributed by atoms with Crippen molar-refractivity contribution in [3.05, 3.63) is 0 Å². The molecular formula is C15H28N2O4. The number of nitrogens with zero attached hydrogens (tertiary/aromatic N) is 2. The Kier molecular flexibility index (Phi) is 6.01. The van der Waals surface area contributed by atoms with Crippen LogP contribution < -0.4 is 0 Å². The minimum Gasteiger partial charge on any atom is -0.480 e. The second-order valence-electron chi connectivity index (χ2n) is 7.09. The molecule has 0 aromatic rings. The van der Waals surface area contributed by atoms with Crippen molar-refractivity contribution >= 4 is 12.1 Å². The number of ether oxygens (including phenoxy) is 1. The highest BCUT2D eigenvalue weighted by Crippen LogP contribution is 2.20. The highest BCUT2D eigenvalue weighted by atomic mass is 16.6. The van der Waals surface area contributed by atoms with Crippen LogP contribution in [0.15, 0.2) is 0 Å². The molecule has 0 bridgehead atoms. The molecule has 1 atom stereocenters. The molecular weight excluding hydrogens is 272 g/mol. The van der Waals surface area contributed by atoms with Gasteiger partial charge in [-0.15, -0.1) is 0 Å². The molecule has 1 fully saturated rings. The van der Waals surface area contributed by atoms with Crippen LogP contribution in [-0.2, 0) is 9.53 Å². The highest BCUT2D eigenvalue weighted by molar-refractivity contribution is 5.70. The summed E-state index contributed by atoms with van der Waals surface area (Å²) in [5.41, 5.74) is -0.516. The maximum Gasteiger partial charge on any atom is 0.410 e. The van der Waals surface area contributed by atoms with Crippen molar-refractivity contribution in [2.24, 2.45) is 5.92 Å². The molecule has 0 spiro atoms. The van der Waals surface area contributed by atoms with E-state index in [1.807, 2.05) is 25.7 Å². The summed E-state index contributed by atoms with van der Waals surface area (Å²) in [7, 11) is 0. The van der Waals surface area contributed by atoms with Gasteiger partial charge >= 0.3 is 12.1 Å². The average Bonchev–Trinajstić information content (AvgIpc) is 2.24. The molecule has 1 saturated heterocycles. The molecule has 1 heterocycles. The Hall–Kier alpha value is -1.30. The highest BCUT2D eigenvalue weighted by Gasteiger charge is 2.34. The van der Waals surface area contributed by atoms with Crippen LogP contribution in [0.25, 0.3) is 0 Å². The van der Waals surface area contributed by atoms with Crippen molar-refractivity contribution in [3.8, 4) is 0 Å². The number of carboxylic acids is 1. The van der Waals surface area contributed by atoms with Crippen LogP contribution in [0.4, 0.5) is 4.79 Å². The molecule has 1 amide bonds. The number of piperazine rings is 1. The largest absolute Gasteiger partial charge is 0.480 e. The summed E-state index contributed by atoms with van der Waals surface area (Å²) in [6, 6.07) is 0.00736. The Morgan fingerprint density at radius 3 is 2.38 bits per heavy atom. The second-order valence-corrected chi connectivity index (χ2v) is 7.09. The van der Waals surface area contributed by atoms with Crippen LogP contribution in [0, 0.1) is 5.92 Å². The molecule has 1 N–H and O–H groups in total. The normalized spacial score (nSPS) is 20.7. The number of rotatable bonds is 4. The molecule has 6 nitrogen and oxygen atoms in total. The summed E-state index contributed by atoms with van der Waals surface area (Å²) in [4.78, 5) is 26.8. The first-order valence-electron chi connectivity index (χ1n) is 7.52. The molecule has 1 aliphatic rings. The van der Waals surface area contributed by atoms with Gasteiger partial charge in [0, 0.05) is 25.7 Å². The second kappa shape index (κ2) is 7.11. The van der Waals surface area contributed by atoms with E-state index in [4.69, 9.17) is 9.84 Å². The fourth-order valence-electron chi connectivity index (χ4n) is 2.56. The number of aliphatic carboxylic acids is 1. The summed E-state index contributed by atoms with van der Waals surface area (Å²) in [6.45, 7) is 11.4. The Labute approximate surface area is 127 Å². The van der Waals surface area contributed by atoms with Crippen molar-refractivity contribution < 1.29 is 19.4 Å². The van der Waals surface area contributed by atoms with Gasteiger partial charge in [-0.25, -0.2) is 4.79 Å². The first-order chi connectivity index (χ1) is 9.58. The minimum atomic E-state index is -0.830. The number of hydrogen-bond acceptors (Lipinski definition) is 4. The third-order valence-electron chi connectivity index (χ3n) is 3.30. The standard InChI is InChI=1S/C15H28N2O4/c1-11(2)8-12-9-16(10-13(18)19)6-7-17(12)14(20)21-15(3,4)5/h11-12H,6-10H2,1-5H3,(H,18,19)/t12-/m1/s1. The van der Waals surface area contributed by atoms with Crippen LogP contribution in [0.1, 0.15) is 41.0 Å². The van der Waals surface area contributed by atoms with Gasteiger partial charge in [0.25, 0.3) is 0 Å². The van der Waals surface area contributed by atoms with Crippen molar-refractivity contribution in [1.82, 2.24) is 9.80 Å². The molecule has 122 valence electrons. The number of amides is 1. The smallest absolute Gasteiger partial charge is 0.410 e. The summed E-state index contributed by atoms with van der Waals surface area (Å²) in [5, 5.41) is 8.91. The van der Waals surface area contributed by atoms with Gasteiger partial charge in [0.15, 0.2) is 0 Å². The zero-order chi connectivity index (χ0) is 16.2. The number of carbonyl (C=O) groups is 2. The molecule has 1 rings (SSSR count). The van der Waals surface area contributed by atoms with Gasteiger partial charge < -0.3 is 14.7 Å². The van der Waals surface area contributed by atoms with Gasteiger partial charge in [-0.1, -0.05) is 13.8 Å². The van der Waals surface area contributed by atoms with Crippen LogP contribution >= 0.6 is 0 Å². The maximum absolute atomic E-state index is 12.3. The predicted molar refractivity (Wildman–Crippen MR) is 80.3 cm³/mol. The summed E-state index contributed by atoms with van der Waals surface area (Å²) < 4.78 is 5.46. The summed E-state index contributed by atoms with van der Waals surface area (Å²) in [6.07, 6.45) is 0.540. The number of carboxylic acid groups (broad SMARTS) is 1. The maximum atomic E-state index is 12.3. The Morgan fingerprint density at radius 2 is 1.90 bits per heavy atom. The van der Waals surface area contributed by atoms with Crippen molar-refractivity contribution in [2.75, 3.05) is 26.2 Å². The van der Waals surface area contributed by atoms with E-state index in [0.717, 1.165) is 6.42 Å². The topological polar surface area (TPSA) is 70.1 Å². The van der Waals surface area contributed by atoms with E-state index in [1.165, 1.54) is 0 Å². The molecule has 0 saturated carbocycles. The van der Waals surface area contributed by atoms with E-state index in [0.29, 0.717) is 25.6 Å². The van der Waals surface area contributed by atoms with Crippen molar-refractivity contribution in [3.63, 3.8) is 0 Å². The minimum absolute atomic E-state index is 0.00736. The van der Waals surface area contributed by atoms with E-state index in [1.54, 1.807) is 4.90 Å². The lowest BCUT2D eigenvalue weighted by Crippen LogP contribution is -2.57. The summed E-state index contributed by atoms with van der Waals surface area (Å²) in [5.74, 6) is -0.395. The molecule has 0 aliphatic carbocycles. The fourth-order valence-corrected chi connectivity index (χ4v) is 2.56. The van der Waals surface area contributed by atoms with Crippen LogP contribution in [0.2, 0.25) is 0 Å². The lowest BCUT2D eigenvalue weighted by atomic mass is 10.0. The Bertz CT molecular complexity index is 376. The lowest BCUT2D eigenvalue weighted by Gasteiger charge is -2.41. The van der Waals surface area contributed by atoms with Gasteiger partial charge in [0.2, 0.25) is 0 Å². The molecule has 0 aromatic carbocycles. The van der Waals surface area contributed by atoms with E-state index in [9.17, 15) is 9.59 Å². The third-order valence-corrected chi connectivity index (χ3v) is 3.30. The first-order valence-corrected chi connectivity index (χ1v) is 7.52. The summed E-state index contributed by atoms with van der Waals surface area (Å²) >= 11 is 0. The third kappa shape index (κ3) is 6.33. The van der Waals surface area contributed by atoms with E-state index in [-0.39, 0.29) is 18.7 Å². The number of hydrogen-bond donors (Lipinski definition) is 1. The van der Waals surface area contributed by atoms with Gasteiger partial charge in [-0.05, 0) is 33.1 Å². The van der Waals surface area contributed by atoms with Crippen LogP contribution in [0.5, 0.6) is 0 Å². The van der Waals surface area contributed by atoms with Gasteiger partial charge in [0.1, 0.15) is 5.60 Å². The van der Waals surface area contributed by atoms with Crippen molar-refractivity contribution in [2.45, 2.75) is 52.7 Å². The zero-order valence-corrected chi connectivity index (χ0v) is 13.8. The van der Waals surface area contributed by atoms with E-state index >= 15 is 0 Å². The van der Waals surface area contributed by atoms with Gasteiger partial charge in [-0.2, -0.15) is 0 Å². The van der Waals surface area contributed by atoms with E-state index in [2.05, 4.69) is 13.8 Å². The number of carbonyl (C=O) groups excluding carboxylic acids is 1. The predicted octanol–water partition coefficient (Wildman–Crippen LogP) is 2.04. The molecule has 0 unspecified atom stereocenters. The SMILES string of the molecule is CC(C)C[C@@H]1CN(CC(=O)O)CCN1C(=O)OC(C)(C)C. The molecule has 0 aromatic heterocycles.